The lowest BCUT2D eigenvalue weighted by molar-refractivity contribution is 0.0696. The van der Waals surface area contributed by atoms with Crippen LogP contribution in [0.25, 0.3) is 0 Å². The molecule has 1 heterocycles. The molecule has 6 nitrogen and oxygen atoms in total. The minimum atomic E-state index is -0.993. The molecule has 4 N–H and O–H groups in total. The molecule has 0 bridgehead atoms. The summed E-state index contributed by atoms with van der Waals surface area (Å²) in [5, 5.41) is 11.7. The minimum Gasteiger partial charge on any atom is -0.478 e. The van der Waals surface area contributed by atoms with Gasteiger partial charge < -0.3 is 16.2 Å². The third kappa shape index (κ3) is 3.43. The number of amides is 1. The van der Waals surface area contributed by atoms with Gasteiger partial charge in [0.25, 0.3) is 5.91 Å². The molecule has 1 aromatic heterocycles. The zero-order valence-corrected chi connectivity index (χ0v) is 11.5. The van der Waals surface area contributed by atoms with Gasteiger partial charge in [0.15, 0.2) is 0 Å². The average Bonchev–Trinajstić information content (AvgIpc) is 2.47. The molecule has 0 aliphatic carbocycles. The van der Waals surface area contributed by atoms with Gasteiger partial charge in [-0.2, -0.15) is 0 Å². The molecule has 0 saturated carbocycles. The van der Waals surface area contributed by atoms with Gasteiger partial charge in [0.05, 0.1) is 11.3 Å². The Morgan fingerprint density at radius 1 is 1.29 bits per heavy atom. The smallest absolute Gasteiger partial charge is 0.335 e. The Hall–Kier alpha value is -2.73. The highest BCUT2D eigenvalue weighted by atomic mass is 16.4. The molecular weight excluding hydrogens is 270 g/mol. The van der Waals surface area contributed by atoms with Crippen LogP contribution in [-0.4, -0.2) is 22.0 Å². The highest BCUT2D eigenvalue weighted by Crippen LogP contribution is 2.16. The van der Waals surface area contributed by atoms with Crippen LogP contribution in [0.1, 0.15) is 32.0 Å². The van der Waals surface area contributed by atoms with Crippen LogP contribution in [0.5, 0.6) is 0 Å². The number of carboxylic acids is 1. The van der Waals surface area contributed by atoms with Gasteiger partial charge >= 0.3 is 5.97 Å². The summed E-state index contributed by atoms with van der Waals surface area (Å²) in [7, 11) is 0. The number of carboxylic acid groups (broad SMARTS) is 1. The van der Waals surface area contributed by atoms with Crippen LogP contribution in [-0.2, 0) is 6.54 Å². The molecule has 6 heteroatoms. The van der Waals surface area contributed by atoms with Crippen LogP contribution < -0.4 is 11.1 Å². The van der Waals surface area contributed by atoms with Crippen molar-refractivity contribution in [2.24, 2.45) is 5.73 Å². The van der Waals surface area contributed by atoms with Crippen molar-refractivity contribution in [2.45, 2.75) is 13.5 Å². The monoisotopic (exact) mass is 285 g/mol. The summed E-state index contributed by atoms with van der Waals surface area (Å²) in [6, 6.07) is 7.84. The number of anilines is 1. The SMILES string of the molecule is Cc1cc(NC(=O)c2ccnc(CN)c2)ccc1C(=O)O. The molecule has 0 aliphatic rings. The van der Waals surface area contributed by atoms with Gasteiger partial charge in [0.1, 0.15) is 0 Å². The van der Waals surface area contributed by atoms with E-state index in [2.05, 4.69) is 10.3 Å². The van der Waals surface area contributed by atoms with Crippen molar-refractivity contribution in [3.8, 4) is 0 Å². The van der Waals surface area contributed by atoms with E-state index < -0.39 is 5.97 Å². The molecule has 2 rings (SSSR count). The van der Waals surface area contributed by atoms with Crippen molar-refractivity contribution in [3.05, 3.63) is 58.9 Å². The number of hydrogen-bond donors (Lipinski definition) is 3. The maximum atomic E-state index is 12.1. The number of aromatic carboxylic acids is 1. The van der Waals surface area contributed by atoms with Gasteiger partial charge in [-0.05, 0) is 42.8 Å². The number of benzene rings is 1. The molecule has 21 heavy (non-hydrogen) atoms. The van der Waals surface area contributed by atoms with E-state index in [9.17, 15) is 9.59 Å². The van der Waals surface area contributed by atoms with Crippen LogP contribution in [0.2, 0.25) is 0 Å². The standard InChI is InChI=1S/C15H15N3O3/c1-9-6-11(2-3-13(9)15(20)21)18-14(19)10-4-5-17-12(7-10)8-16/h2-7H,8,16H2,1H3,(H,18,19)(H,20,21). The molecule has 1 amide bonds. The Morgan fingerprint density at radius 3 is 2.67 bits per heavy atom. The number of carbonyl (C=O) groups is 2. The first-order valence-corrected chi connectivity index (χ1v) is 6.31. The van der Waals surface area contributed by atoms with Crippen molar-refractivity contribution in [1.82, 2.24) is 4.98 Å². The van der Waals surface area contributed by atoms with Crippen molar-refractivity contribution >= 4 is 17.6 Å². The summed E-state index contributed by atoms with van der Waals surface area (Å²) in [6.45, 7) is 1.94. The number of nitrogens with zero attached hydrogens (tertiary/aromatic N) is 1. The summed E-state index contributed by atoms with van der Waals surface area (Å²) in [5.74, 6) is -1.29. The zero-order chi connectivity index (χ0) is 15.4. The van der Waals surface area contributed by atoms with Crippen molar-refractivity contribution in [3.63, 3.8) is 0 Å². The van der Waals surface area contributed by atoms with Gasteiger partial charge in [0, 0.05) is 24.0 Å². The third-order valence-corrected chi connectivity index (χ3v) is 3.00. The second-order valence-corrected chi connectivity index (χ2v) is 4.53. The quantitative estimate of drug-likeness (QED) is 0.794. The normalized spacial score (nSPS) is 10.2. The van der Waals surface area contributed by atoms with E-state index in [-0.39, 0.29) is 18.0 Å². The maximum Gasteiger partial charge on any atom is 0.335 e. The van der Waals surface area contributed by atoms with E-state index in [0.29, 0.717) is 22.5 Å². The number of aryl methyl sites for hydroxylation is 1. The number of carbonyl (C=O) groups excluding carboxylic acids is 1. The maximum absolute atomic E-state index is 12.1. The fourth-order valence-corrected chi connectivity index (χ4v) is 1.92. The molecule has 0 aliphatic heterocycles. The first-order valence-electron chi connectivity index (χ1n) is 6.31. The van der Waals surface area contributed by atoms with Crippen molar-refractivity contribution in [2.75, 3.05) is 5.32 Å². The Morgan fingerprint density at radius 2 is 2.05 bits per heavy atom. The van der Waals surface area contributed by atoms with Crippen molar-refractivity contribution in [1.29, 1.82) is 0 Å². The lowest BCUT2D eigenvalue weighted by atomic mass is 10.1. The molecule has 1 aromatic carbocycles. The first-order chi connectivity index (χ1) is 10.0. The lowest BCUT2D eigenvalue weighted by Crippen LogP contribution is -2.13. The summed E-state index contributed by atoms with van der Waals surface area (Å²) in [4.78, 5) is 27.1. The number of hydrogen-bond acceptors (Lipinski definition) is 4. The Bertz CT molecular complexity index is 698. The number of nitrogens with two attached hydrogens (primary N) is 1. The Labute approximate surface area is 121 Å². The summed E-state index contributed by atoms with van der Waals surface area (Å²) < 4.78 is 0. The Kier molecular flexibility index (Phi) is 4.30. The van der Waals surface area contributed by atoms with Gasteiger partial charge in [-0.3, -0.25) is 9.78 Å². The molecule has 108 valence electrons. The van der Waals surface area contributed by atoms with E-state index in [0.717, 1.165) is 0 Å². The van der Waals surface area contributed by atoms with E-state index in [1.807, 2.05) is 0 Å². The van der Waals surface area contributed by atoms with Crippen LogP contribution in [0, 0.1) is 6.92 Å². The highest BCUT2D eigenvalue weighted by molar-refractivity contribution is 6.04. The highest BCUT2D eigenvalue weighted by Gasteiger charge is 2.10. The minimum absolute atomic E-state index is 0.210. The average molecular weight is 285 g/mol. The molecule has 0 atom stereocenters. The van der Waals surface area contributed by atoms with E-state index >= 15 is 0 Å². The molecule has 0 radical (unpaired) electrons. The van der Waals surface area contributed by atoms with Gasteiger partial charge in [-0.25, -0.2) is 4.79 Å². The lowest BCUT2D eigenvalue weighted by Gasteiger charge is -2.08. The topological polar surface area (TPSA) is 105 Å². The molecule has 0 spiro atoms. The Balaban J connectivity index is 2.19. The van der Waals surface area contributed by atoms with Crippen LogP contribution in [0.15, 0.2) is 36.5 Å². The largest absolute Gasteiger partial charge is 0.478 e. The molecule has 0 fully saturated rings. The van der Waals surface area contributed by atoms with Crippen LogP contribution >= 0.6 is 0 Å². The second kappa shape index (κ2) is 6.15. The third-order valence-electron chi connectivity index (χ3n) is 3.00. The first kappa shape index (κ1) is 14.7. The molecule has 2 aromatic rings. The molecule has 0 saturated heterocycles. The second-order valence-electron chi connectivity index (χ2n) is 4.53. The summed E-state index contributed by atoms with van der Waals surface area (Å²) in [6.07, 6.45) is 1.52. The molecule has 0 unspecified atom stereocenters. The van der Waals surface area contributed by atoms with E-state index in [4.69, 9.17) is 10.8 Å². The van der Waals surface area contributed by atoms with Gasteiger partial charge in [0.2, 0.25) is 0 Å². The van der Waals surface area contributed by atoms with Gasteiger partial charge in [-0.15, -0.1) is 0 Å². The summed E-state index contributed by atoms with van der Waals surface area (Å²) >= 11 is 0. The fourth-order valence-electron chi connectivity index (χ4n) is 1.92. The predicted octanol–water partition coefficient (Wildman–Crippen LogP) is 1.80. The van der Waals surface area contributed by atoms with E-state index in [1.54, 1.807) is 31.2 Å². The van der Waals surface area contributed by atoms with Crippen LogP contribution in [0.3, 0.4) is 0 Å². The number of rotatable bonds is 4. The zero-order valence-electron chi connectivity index (χ0n) is 11.5. The van der Waals surface area contributed by atoms with E-state index in [1.165, 1.54) is 12.3 Å². The molecular formula is C15H15N3O3. The fraction of sp³-hybridized carbons (Fsp3) is 0.133. The van der Waals surface area contributed by atoms with Crippen molar-refractivity contribution < 1.29 is 14.7 Å². The summed E-state index contributed by atoms with van der Waals surface area (Å²) in [5.41, 5.74) is 7.89. The predicted molar refractivity (Wildman–Crippen MR) is 78.2 cm³/mol. The van der Waals surface area contributed by atoms with Crippen LogP contribution in [0.4, 0.5) is 5.69 Å². The number of aromatic nitrogens is 1. The number of pyridine rings is 1. The number of nitrogens with one attached hydrogen (secondary N) is 1. The van der Waals surface area contributed by atoms with Gasteiger partial charge in [-0.1, -0.05) is 0 Å².